The molecule has 6 nitrogen and oxygen atoms in total. The van der Waals surface area contributed by atoms with Crippen molar-refractivity contribution in [3.63, 3.8) is 0 Å². The van der Waals surface area contributed by atoms with Gasteiger partial charge >= 0.3 is 0 Å². The van der Waals surface area contributed by atoms with Crippen LogP contribution in [0.25, 0.3) is 0 Å². The van der Waals surface area contributed by atoms with Gasteiger partial charge in [0, 0.05) is 17.8 Å². The zero-order chi connectivity index (χ0) is 16.8. The summed E-state index contributed by atoms with van der Waals surface area (Å²) in [5.41, 5.74) is 6.71. The van der Waals surface area contributed by atoms with E-state index in [9.17, 15) is 0 Å². The Balaban J connectivity index is 1.66. The predicted octanol–water partition coefficient (Wildman–Crippen LogP) is 3.77. The number of rotatable bonds is 6. The molecule has 24 heavy (non-hydrogen) atoms. The number of ether oxygens (including phenoxy) is 2. The molecular formula is C18H24N4O2. The lowest BCUT2D eigenvalue weighted by molar-refractivity contribution is 0.203. The molecule has 1 saturated carbocycles. The molecule has 0 aliphatic heterocycles. The summed E-state index contributed by atoms with van der Waals surface area (Å²) in [4.78, 5) is 8.62. The van der Waals surface area contributed by atoms with Gasteiger partial charge in [0.15, 0.2) is 0 Å². The molecule has 0 bridgehead atoms. The summed E-state index contributed by atoms with van der Waals surface area (Å²) in [5, 5.41) is 3.14. The first-order valence-corrected chi connectivity index (χ1v) is 8.41. The Bertz CT molecular complexity index is 672. The summed E-state index contributed by atoms with van der Waals surface area (Å²) in [7, 11) is 1.63. The number of nitrogens with one attached hydrogen (secondary N) is 1. The second kappa shape index (κ2) is 7.86. The van der Waals surface area contributed by atoms with Gasteiger partial charge in [-0.2, -0.15) is 9.97 Å². The Morgan fingerprint density at radius 2 is 2.00 bits per heavy atom. The van der Waals surface area contributed by atoms with E-state index in [-0.39, 0.29) is 0 Å². The topological polar surface area (TPSA) is 82.3 Å². The lowest BCUT2D eigenvalue weighted by atomic mass is 9.90. The molecule has 0 saturated heterocycles. The highest BCUT2D eigenvalue weighted by Gasteiger charge is 2.15. The van der Waals surface area contributed by atoms with Crippen molar-refractivity contribution >= 4 is 17.5 Å². The first kappa shape index (κ1) is 16.4. The van der Waals surface area contributed by atoms with E-state index in [1.54, 1.807) is 13.2 Å². The molecule has 0 radical (unpaired) electrons. The molecule has 6 heteroatoms. The highest BCUT2D eigenvalue weighted by molar-refractivity contribution is 5.57. The minimum absolute atomic E-state index is 0.383. The van der Waals surface area contributed by atoms with Crippen molar-refractivity contribution in [1.82, 2.24) is 9.97 Å². The summed E-state index contributed by atoms with van der Waals surface area (Å²) in [6, 6.07) is 9.23. The summed E-state index contributed by atoms with van der Waals surface area (Å²) < 4.78 is 11.1. The van der Waals surface area contributed by atoms with Crippen molar-refractivity contribution in [2.45, 2.75) is 32.1 Å². The fraction of sp³-hybridized carbons (Fsp3) is 0.444. The Morgan fingerprint density at radius 3 is 2.79 bits per heavy atom. The van der Waals surface area contributed by atoms with Gasteiger partial charge in [0.2, 0.25) is 11.8 Å². The molecule has 3 rings (SSSR count). The van der Waals surface area contributed by atoms with Crippen molar-refractivity contribution in [2.75, 3.05) is 24.8 Å². The van der Waals surface area contributed by atoms with E-state index in [1.165, 1.54) is 32.1 Å². The number of hydrogen-bond donors (Lipinski definition) is 2. The van der Waals surface area contributed by atoms with E-state index in [2.05, 4.69) is 15.3 Å². The van der Waals surface area contributed by atoms with Crippen LogP contribution in [0.15, 0.2) is 30.3 Å². The van der Waals surface area contributed by atoms with Gasteiger partial charge in [-0.3, -0.25) is 0 Å². The van der Waals surface area contributed by atoms with E-state index in [4.69, 9.17) is 15.2 Å². The van der Waals surface area contributed by atoms with Crippen molar-refractivity contribution in [2.24, 2.45) is 5.92 Å². The third kappa shape index (κ3) is 4.50. The van der Waals surface area contributed by atoms with E-state index >= 15 is 0 Å². The van der Waals surface area contributed by atoms with Gasteiger partial charge in [-0.25, -0.2) is 0 Å². The largest absolute Gasteiger partial charge is 0.497 e. The summed E-state index contributed by atoms with van der Waals surface area (Å²) >= 11 is 0. The molecular weight excluding hydrogens is 304 g/mol. The maximum Gasteiger partial charge on any atom is 0.232 e. The van der Waals surface area contributed by atoms with Crippen molar-refractivity contribution in [1.29, 1.82) is 0 Å². The molecule has 1 aromatic carbocycles. The van der Waals surface area contributed by atoms with E-state index < -0.39 is 0 Å². The van der Waals surface area contributed by atoms with E-state index in [0.717, 1.165) is 11.4 Å². The van der Waals surface area contributed by atoms with Gasteiger partial charge in [0.1, 0.15) is 11.6 Å². The van der Waals surface area contributed by atoms with Crippen LogP contribution in [0.2, 0.25) is 0 Å². The fourth-order valence-electron chi connectivity index (χ4n) is 2.96. The van der Waals surface area contributed by atoms with Crippen LogP contribution in [0.4, 0.5) is 17.5 Å². The van der Waals surface area contributed by atoms with Crippen LogP contribution in [-0.2, 0) is 0 Å². The van der Waals surface area contributed by atoms with Gasteiger partial charge in [0.05, 0.1) is 13.7 Å². The standard InChI is InChI=1S/C18H24N4O2/c1-23-15-9-5-8-14(10-15)20-18-21-16(19)11-17(22-18)24-12-13-6-3-2-4-7-13/h5,8-11,13H,2-4,6-7,12H2,1H3,(H3,19,20,21,22). The van der Waals surface area contributed by atoms with Gasteiger partial charge in [-0.05, 0) is 30.9 Å². The molecule has 1 aliphatic rings. The van der Waals surface area contributed by atoms with Crippen LogP contribution in [0, 0.1) is 5.92 Å². The molecule has 1 aromatic heterocycles. The first-order valence-electron chi connectivity index (χ1n) is 8.41. The van der Waals surface area contributed by atoms with E-state index in [1.807, 2.05) is 24.3 Å². The number of hydrogen-bond acceptors (Lipinski definition) is 6. The normalized spacial score (nSPS) is 15.0. The molecule has 1 heterocycles. The fourth-order valence-corrected chi connectivity index (χ4v) is 2.96. The predicted molar refractivity (Wildman–Crippen MR) is 94.8 cm³/mol. The summed E-state index contributed by atoms with van der Waals surface area (Å²) in [5.74, 6) is 2.69. The van der Waals surface area contributed by atoms with Gasteiger partial charge < -0.3 is 20.5 Å². The van der Waals surface area contributed by atoms with Crippen LogP contribution in [0.3, 0.4) is 0 Å². The van der Waals surface area contributed by atoms with Crippen molar-refractivity contribution in [3.8, 4) is 11.6 Å². The number of aromatic nitrogens is 2. The van der Waals surface area contributed by atoms with E-state index in [0.29, 0.717) is 30.2 Å². The van der Waals surface area contributed by atoms with Gasteiger partial charge in [0.25, 0.3) is 0 Å². The maximum atomic E-state index is 5.88. The minimum Gasteiger partial charge on any atom is -0.497 e. The second-order valence-corrected chi connectivity index (χ2v) is 6.13. The number of nitrogens with zero attached hydrogens (tertiary/aromatic N) is 2. The van der Waals surface area contributed by atoms with Crippen LogP contribution < -0.4 is 20.5 Å². The van der Waals surface area contributed by atoms with Crippen molar-refractivity contribution in [3.05, 3.63) is 30.3 Å². The molecule has 0 amide bonds. The van der Waals surface area contributed by atoms with Crippen molar-refractivity contribution < 1.29 is 9.47 Å². The highest BCUT2D eigenvalue weighted by Crippen LogP contribution is 2.25. The third-order valence-corrected chi connectivity index (χ3v) is 4.24. The molecule has 0 atom stereocenters. The Morgan fingerprint density at radius 1 is 1.17 bits per heavy atom. The zero-order valence-electron chi connectivity index (χ0n) is 14.0. The monoisotopic (exact) mass is 328 g/mol. The first-order chi connectivity index (χ1) is 11.7. The van der Waals surface area contributed by atoms with Gasteiger partial charge in [-0.1, -0.05) is 25.3 Å². The zero-order valence-corrected chi connectivity index (χ0v) is 14.0. The van der Waals surface area contributed by atoms with Crippen LogP contribution in [0.1, 0.15) is 32.1 Å². The number of anilines is 3. The smallest absolute Gasteiger partial charge is 0.232 e. The summed E-state index contributed by atoms with van der Waals surface area (Å²) in [6.45, 7) is 0.690. The minimum atomic E-state index is 0.383. The maximum absolute atomic E-state index is 5.88. The average molecular weight is 328 g/mol. The third-order valence-electron chi connectivity index (χ3n) is 4.24. The Kier molecular flexibility index (Phi) is 5.36. The highest BCUT2D eigenvalue weighted by atomic mass is 16.5. The number of methoxy groups -OCH3 is 1. The summed E-state index contributed by atoms with van der Waals surface area (Å²) in [6.07, 6.45) is 6.39. The van der Waals surface area contributed by atoms with Crippen LogP contribution in [-0.4, -0.2) is 23.7 Å². The number of benzene rings is 1. The van der Waals surface area contributed by atoms with Crippen LogP contribution >= 0.6 is 0 Å². The van der Waals surface area contributed by atoms with Gasteiger partial charge in [-0.15, -0.1) is 0 Å². The molecule has 128 valence electrons. The molecule has 1 aliphatic carbocycles. The Hall–Kier alpha value is -2.50. The molecule has 1 fully saturated rings. The Labute approximate surface area is 142 Å². The molecule has 3 N–H and O–H groups in total. The molecule has 0 unspecified atom stereocenters. The SMILES string of the molecule is COc1cccc(Nc2nc(N)cc(OCC3CCCCC3)n2)c1. The average Bonchev–Trinajstić information content (AvgIpc) is 2.60. The molecule has 0 spiro atoms. The quantitative estimate of drug-likeness (QED) is 0.840. The lowest BCUT2D eigenvalue weighted by Crippen LogP contribution is -2.16. The molecule has 2 aromatic rings. The number of nitrogens with two attached hydrogens (primary N) is 1. The second-order valence-electron chi connectivity index (χ2n) is 6.13. The van der Waals surface area contributed by atoms with Crippen LogP contribution in [0.5, 0.6) is 11.6 Å². The number of nitrogen functional groups attached to an aromatic ring is 1. The lowest BCUT2D eigenvalue weighted by Gasteiger charge is -2.21.